The first-order valence-corrected chi connectivity index (χ1v) is 10.5. The van der Waals surface area contributed by atoms with Gasteiger partial charge in [0, 0.05) is 25.4 Å². The zero-order chi connectivity index (χ0) is 21.6. The van der Waals surface area contributed by atoms with E-state index in [1.54, 1.807) is 25.3 Å². The number of ether oxygens (including phenoxy) is 1. The first kappa shape index (κ1) is 21.4. The molecule has 0 bridgehead atoms. The number of halogens is 1. The average molecular weight is 432 g/mol. The third-order valence-corrected chi connectivity index (χ3v) is 5.38. The molecular formula is C19H21FN6O3S. The summed E-state index contributed by atoms with van der Waals surface area (Å²) in [7, 11) is -2.62. The minimum atomic E-state index is -3.95. The van der Waals surface area contributed by atoms with Crippen LogP contribution in [0.4, 0.5) is 21.8 Å². The molecule has 158 valence electrons. The van der Waals surface area contributed by atoms with Crippen molar-refractivity contribution in [3.05, 3.63) is 60.3 Å². The van der Waals surface area contributed by atoms with Gasteiger partial charge in [-0.15, -0.1) is 0 Å². The molecule has 3 aromatic rings. The minimum Gasteiger partial charge on any atom is -0.495 e. The SMILES string of the molecule is COc1ccc(F)cc1S(=O)(=O)NCCNc1cc(Nc2ccccn2)nc(C)n1. The van der Waals surface area contributed by atoms with E-state index in [9.17, 15) is 12.8 Å². The number of rotatable bonds is 9. The quantitative estimate of drug-likeness (QED) is 0.441. The zero-order valence-electron chi connectivity index (χ0n) is 16.4. The van der Waals surface area contributed by atoms with Crippen LogP contribution in [0.25, 0.3) is 0 Å². The van der Waals surface area contributed by atoms with Gasteiger partial charge in [0.2, 0.25) is 10.0 Å². The lowest BCUT2D eigenvalue weighted by molar-refractivity contribution is 0.400. The molecule has 30 heavy (non-hydrogen) atoms. The molecule has 0 spiro atoms. The standard InChI is InChI=1S/C19H21FN6O3S/c1-13-24-18(12-19(25-13)26-17-5-3-4-8-21-17)22-9-10-23-30(27,28)16-11-14(20)6-7-15(16)29-2/h3-8,11-12,23H,9-10H2,1-2H3,(H2,21,22,24,25,26). The summed E-state index contributed by atoms with van der Waals surface area (Å²) in [5.41, 5.74) is 0. The fourth-order valence-electron chi connectivity index (χ4n) is 2.60. The maximum Gasteiger partial charge on any atom is 0.244 e. The Bertz CT molecular complexity index is 1110. The van der Waals surface area contributed by atoms with E-state index in [0.29, 0.717) is 23.3 Å². The molecule has 3 N–H and O–H groups in total. The molecule has 0 radical (unpaired) electrons. The number of hydrogen-bond acceptors (Lipinski definition) is 8. The lowest BCUT2D eigenvalue weighted by atomic mass is 10.3. The second kappa shape index (κ2) is 9.46. The molecule has 0 saturated carbocycles. The number of anilines is 3. The molecule has 9 nitrogen and oxygen atoms in total. The number of aromatic nitrogens is 3. The van der Waals surface area contributed by atoms with E-state index in [1.807, 2.05) is 12.1 Å². The molecule has 2 aromatic heterocycles. The average Bonchev–Trinajstić information content (AvgIpc) is 2.71. The summed E-state index contributed by atoms with van der Waals surface area (Å²) in [6.07, 6.45) is 1.66. The van der Waals surface area contributed by atoms with E-state index >= 15 is 0 Å². The Morgan fingerprint density at radius 1 is 1.03 bits per heavy atom. The predicted molar refractivity (Wildman–Crippen MR) is 111 cm³/mol. The van der Waals surface area contributed by atoms with E-state index in [0.717, 1.165) is 12.1 Å². The number of methoxy groups -OCH3 is 1. The highest BCUT2D eigenvalue weighted by Crippen LogP contribution is 2.24. The minimum absolute atomic E-state index is 0.0497. The molecule has 0 unspecified atom stereocenters. The van der Waals surface area contributed by atoms with Crippen molar-refractivity contribution in [3.8, 4) is 5.75 Å². The maximum atomic E-state index is 13.5. The number of nitrogens with zero attached hydrogens (tertiary/aromatic N) is 3. The van der Waals surface area contributed by atoms with Gasteiger partial charge in [-0.2, -0.15) is 0 Å². The normalized spacial score (nSPS) is 11.2. The molecule has 11 heteroatoms. The Morgan fingerprint density at radius 2 is 1.83 bits per heavy atom. The fourth-order valence-corrected chi connectivity index (χ4v) is 3.81. The van der Waals surface area contributed by atoms with Gasteiger partial charge in [-0.1, -0.05) is 6.07 Å². The molecule has 0 fully saturated rings. The highest BCUT2D eigenvalue weighted by atomic mass is 32.2. The van der Waals surface area contributed by atoms with E-state index in [1.165, 1.54) is 13.2 Å². The zero-order valence-corrected chi connectivity index (χ0v) is 17.2. The maximum absolute atomic E-state index is 13.5. The summed E-state index contributed by atoms with van der Waals surface area (Å²) in [6.45, 7) is 2.04. The number of benzene rings is 1. The van der Waals surface area contributed by atoms with Gasteiger partial charge in [0.1, 0.15) is 39.7 Å². The third kappa shape index (κ3) is 5.61. The molecule has 0 amide bonds. The van der Waals surface area contributed by atoms with Crippen molar-refractivity contribution in [2.45, 2.75) is 11.8 Å². The summed E-state index contributed by atoms with van der Waals surface area (Å²) in [6, 6.07) is 10.5. The van der Waals surface area contributed by atoms with Gasteiger partial charge < -0.3 is 15.4 Å². The van der Waals surface area contributed by atoms with Crippen LogP contribution >= 0.6 is 0 Å². The van der Waals surface area contributed by atoms with Gasteiger partial charge in [0.15, 0.2) is 0 Å². The second-order valence-electron chi connectivity index (χ2n) is 6.15. The Kier molecular flexibility index (Phi) is 6.75. The molecule has 0 aliphatic heterocycles. The van der Waals surface area contributed by atoms with Gasteiger partial charge in [-0.25, -0.2) is 32.5 Å². The van der Waals surface area contributed by atoms with Gasteiger partial charge in [0.25, 0.3) is 0 Å². The number of sulfonamides is 1. The number of nitrogens with one attached hydrogen (secondary N) is 3. The Hall–Kier alpha value is -3.31. The first-order valence-electron chi connectivity index (χ1n) is 8.98. The van der Waals surface area contributed by atoms with Gasteiger partial charge in [0.05, 0.1) is 7.11 Å². The summed E-state index contributed by atoms with van der Waals surface area (Å²) < 4.78 is 45.8. The third-order valence-electron chi connectivity index (χ3n) is 3.90. The second-order valence-corrected chi connectivity index (χ2v) is 7.88. The van der Waals surface area contributed by atoms with Crippen molar-refractivity contribution in [1.82, 2.24) is 19.7 Å². The number of pyridine rings is 1. The molecular weight excluding hydrogens is 411 g/mol. The molecule has 3 rings (SSSR count). The van der Waals surface area contributed by atoms with Gasteiger partial charge in [-0.05, 0) is 37.3 Å². The largest absolute Gasteiger partial charge is 0.495 e. The summed E-state index contributed by atoms with van der Waals surface area (Å²) >= 11 is 0. The van der Waals surface area contributed by atoms with Crippen LogP contribution in [-0.2, 0) is 10.0 Å². The van der Waals surface area contributed by atoms with Crippen LogP contribution in [0, 0.1) is 12.7 Å². The van der Waals surface area contributed by atoms with Crippen LogP contribution in [0.5, 0.6) is 5.75 Å². The van der Waals surface area contributed by atoms with Gasteiger partial charge in [-0.3, -0.25) is 0 Å². The predicted octanol–water partition coefficient (Wildman–Crippen LogP) is 2.46. The van der Waals surface area contributed by atoms with Gasteiger partial charge >= 0.3 is 0 Å². The van der Waals surface area contributed by atoms with Crippen molar-refractivity contribution < 1.29 is 17.5 Å². The Labute approximate surface area is 173 Å². The van der Waals surface area contributed by atoms with Crippen LogP contribution in [-0.4, -0.2) is 43.6 Å². The topological polar surface area (TPSA) is 118 Å². The Morgan fingerprint density at radius 3 is 2.57 bits per heavy atom. The highest BCUT2D eigenvalue weighted by molar-refractivity contribution is 7.89. The first-order chi connectivity index (χ1) is 14.4. The van der Waals surface area contributed by atoms with Crippen LogP contribution in [0.15, 0.2) is 53.6 Å². The van der Waals surface area contributed by atoms with Crippen LogP contribution < -0.4 is 20.1 Å². The van der Waals surface area contributed by atoms with Crippen molar-refractivity contribution in [1.29, 1.82) is 0 Å². The fraction of sp³-hybridized carbons (Fsp3) is 0.211. The number of aryl methyl sites for hydroxylation is 1. The van der Waals surface area contributed by atoms with Crippen molar-refractivity contribution in [3.63, 3.8) is 0 Å². The molecule has 0 saturated heterocycles. The summed E-state index contributed by atoms with van der Waals surface area (Å²) in [5, 5.41) is 6.11. The molecule has 2 heterocycles. The molecule has 0 aliphatic rings. The van der Waals surface area contributed by atoms with Crippen LogP contribution in [0.3, 0.4) is 0 Å². The van der Waals surface area contributed by atoms with Crippen LogP contribution in [0.1, 0.15) is 5.82 Å². The van der Waals surface area contributed by atoms with Crippen molar-refractivity contribution in [2.75, 3.05) is 30.8 Å². The highest BCUT2D eigenvalue weighted by Gasteiger charge is 2.19. The Balaban J connectivity index is 1.61. The van der Waals surface area contributed by atoms with Crippen LogP contribution in [0.2, 0.25) is 0 Å². The monoisotopic (exact) mass is 432 g/mol. The summed E-state index contributed by atoms with van der Waals surface area (Å²) in [5.74, 6) is 1.63. The number of hydrogen-bond donors (Lipinski definition) is 3. The smallest absolute Gasteiger partial charge is 0.244 e. The molecule has 0 aliphatic carbocycles. The van der Waals surface area contributed by atoms with E-state index in [-0.39, 0.29) is 23.7 Å². The van der Waals surface area contributed by atoms with Crippen molar-refractivity contribution in [2.24, 2.45) is 0 Å². The molecule has 1 aromatic carbocycles. The lowest BCUT2D eigenvalue weighted by Crippen LogP contribution is -2.29. The van der Waals surface area contributed by atoms with Crippen molar-refractivity contribution >= 4 is 27.5 Å². The molecule has 0 atom stereocenters. The lowest BCUT2D eigenvalue weighted by Gasteiger charge is -2.12. The van der Waals surface area contributed by atoms with E-state index < -0.39 is 15.8 Å². The van der Waals surface area contributed by atoms with E-state index in [2.05, 4.69) is 30.3 Å². The van der Waals surface area contributed by atoms with E-state index in [4.69, 9.17) is 4.74 Å². The summed E-state index contributed by atoms with van der Waals surface area (Å²) in [4.78, 5) is 12.5.